The van der Waals surface area contributed by atoms with Crippen molar-refractivity contribution in [3.05, 3.63) is 24.0 Å². The molecule has 16 heavy (non-hydrogen) atoms. The van der Waals surface area contributed by atoms with Gasteiger partial charge in [0.05, 0.1) is 18.0 Å². The van der Waals surface area contributed by atoms with Crippen LogP contribution in [0.1, 0.15) is 10.4 Å². The number of aliphatic carboxylic acids is 1. The van der Waals surface area contributed by atoms with Crippen molar-refractivity contribution in [1.82, 2.24) is 10.2 Å². The summed E-state index contributed by atoms with van der Waals surface area (Å²) in [5, 5.41) is 22.2. The van der Waals surface area contributed by atoms with Gasteiger partial charge >= 0.3 is 18.1 Å². The van der Waals surface area contributed by atoms with Crippen LogP contribution in [0.15, 0.2) is 18.5 Å². The molecule has 0 bridgehead atoms. The van der Waals surface area contributed by atoms with Crippen molar-refractivity contribution in [3.63, 3.8) is 0 Å². The van der Waals surface area contributed by atoms with E-state index >= 15 is 0 Å². The Morgan fingerprint density at radius 1 is 1.19 bits per heavy atom. The monoisotopic (exact) mass is 238 g/mol. The van der Waals surface area contributed by atoms with Gasteiger partial charge in [-0.05, 0) is 6.07 Å². The number of aromatic nitrogens is 2. The SMILES string of the molecule is O=C(O)C(F)(F)F.O=C(O)c1ccnnc1. The quantitative estimate of drug-likeness (QED) is 0.750. The lowest BCUT2D eigenvalue weighted by Gasteiger charge is -1.93. The third-order valence-corrected chi connectivity index (χ3v) is 1.07. The minimum Gasteiger partial charge on any atom is -0.478 e. The van der Waals surface area contributed by atoms with Crippen molar-refractivity contribution < 1.29 is 33.0 Å². The Kier molecular flexibility index (Phi) is 4.86. The molecule has 1 aromatic heterocycles. The van der Waals surface area contributed by atoms with Gasteiger partial charge in [0.25, 0.3) is 0 Å². The van der Waals surface area contributed by atoms with E-state index in [1.54, 1.807) is 0 Å². The molecule has 0 aromatic carbocycles. The second-order valence-corrected chi connectivity index (χ2v) is 2.24. The molecule has 1 heterocycles. The van der Waals surface area contributed by atoms with Crippen LogP contribution in [0.4, 0.5) is 13.2 Å². The Morgan fingerprint density at radius 3 is 1.88 bits per heavy atom. The van der Waals surface area contributed by atoms with Crippen molar-refractivity contribution in [1.29, 1.82) is 0 Å². The number of carboxylic acid groups (broad SMARTS) is 2. The van der Waals surface area contributed by atoms with Gasteiger partial charge in [0.15, 0.2) is 0 Å². The first-order valence-electron chi connectivity index (χ1n) is 3.55. The molecule has 0 spiro atoms. The summed E-state index contributed by atoms with van der Waals surface area (Å²) in [6.07, 6.45) is -2.55. The predicted molar refractivity (Wildman–Crippen MR) is 42.7 cm³/mol. The number of hydrogen-bond acceptors (Lipinski definition) is 4. The van der Waals surface area contributed by atoms with Crippen molar-refractivity contribution in [2.24, 2.45) is 0 Å². The molecule has 2 N–H and O–H groups in total. The van der Waals surface area contributed by atoms with E-state index in [0.717, 1.165) is 0 Å². The van der Waals surface area contributed by atoms with Gasteiger partial charge in [-0.1, -0.05) is 0 Å². The fourth-order valence-electron chi connectivity index (χ4n) is 0.417. The van der Waals surface area contributed by atoms with Gasteiger partial charge in [0.1, 0.15) is 0 Å². The van der Waals surface area contributed by atoms with E-state index < -0.39 is 18.1 Å². The molecule has 0 atom stereocenters. The molecular formula is C7H5F3N2O4. The highest BCUT2D eigenvalue weighted by atomic mass is 19.4. The number of aromatic carboxylic acids is 1. The van der Waals surface area contributed by atoms with Crippen LogP contribution in [-0.2, 0) is 4.79 Å². The Morgan fingerprint density at radius 2 is 1.69 bits per heavy atom. The van der Waals surface area contributed by atoms with Gasteiger partial charge in [-0.15, -0.1) is 0 Å². The van der Waals surface area contributed by atoms with Crippen molar-refractivity contribution in [3.8, 4) is 0 Å². The van der Waals surface area contributed by atoms with Crippen LogP contribution in [0.2, 0.25) is 0 Å². The van der Waals surface area contributed by atoms with E-state index in [4.69, 9.17) is 15.0 Å². The summed E-state index contributed by atoms with van der Waals surface area (Å²) in [5.41, 5.74) is 0.157. The largest absolute Gasteiger partial charge is 0.490 e. The van der Waals surface area contributed by atoms with E-state index in [2.05, 4.69) is 10.2 Å². The third-order valence-electron chi connectivity index (χ3n) is 1.07. The van der Waals surface area contributed by atoms with E-state index in [1.807, 2.05) is 0 Å². The smallest absolute Gasteiger partial charge is 0.478 e. The molecule has 0 amide bonds. The Hall–Kier alpha value is -2.19. The van der Waals surface area contributed by atoms with Crippen LogP contribution >= 0.6 is 0 Å². The van der Waals surface area contributed by atoms with Crippen LogP contribution in [0.3, 0.4) is 0 Å². The van der Waals surface area contributed by atoms with Gasteiger partial charge in [0.2, 0.25) is 0 Å². The first-order valence-corrected chi connectivity index (χ1v) is 3.55. The second kappa shape index (κ2) is 5.63. The lowest BCUT2D eigenvalue weighted by Crippen LogP contribution is -2.21. The van der Waals surface area contributed by atoms with Crippen LogP contribution in [-0.4, -0.2) is 38.5 Å². The van der Waals surface area contributed by atoms with E-state index in [9.17, 15) is 18.0 Å². The first kappa shape index (κ1) is 13.8. The molecule has 0 saturated heterocycles. The molecule has 0 aliphatic carbocycles. The van der Waals surface area contributed by atoms with E-state index in [1.165, 1.54) is 18.5 Å². The lowest BCUT2D eigenvalue weighted by molar-refractivity contribution is -0.192. The summed E-state index contributed by atoms with van der Waals surface area (Å²) < 4.78 is 31.7. The van der Waals surface area contributed by atoms with Gasteiger partial charge < -0.3 is 10.2 Å². The third kappa shape index (κ3) is 5.52. The number of alkyl halides is 3. The van der Waals surface area contributed by atoms with Crippen LogP contribution in [0, 0.1) is 0 Å². The summed E-state index contributed by atoms with van der Waals surface area (Å²) >= 11 is 0. The zero-order chi connectivity index (χ0) is 12.8. The highest BCUT2D eigenvalue weighted by Gasteiger charge is 2.38. The summed E-state index contributed by atoms with van der Waals surface area (Å²) in [4.78, 5) is 19.0. The molecule has 0 aliphatic rings. The maximum atomic E-state index is 10.6. The van der Waals surface area contributed by atoms with Crippen LogP contribution < -0.4 is 0 Å². The van der Waals surface area contributed by atoms with E-state index in [0.29, 0.717) is 0 Å². The Labute approximate surface area is 86.3 Å². The molecule has 0 radical (unpaired) electrons. The average molecular weight is 238 g/mol. The molecule has 0 fully saturated rings. The summed E-state index contributed by atoms with van der Waals surface area (Å²) in [6.45, 7) is 0. The van der Waals surface area contributed by atoms with Gasteiger partial charge in [-0.3, -0.25) is 0 Å². The number of halogens is 3. The minimum absolute atomic E-state index is 0.157. The molecule has 9 heteroatoms. The summed E-state index contributed by atoms with van der Waals surface area (Å²) in [5.74, 6) is -3.74. The molecule has 0 aliphatic heterocycles. The number of hydrogen-bond donors (Lipinski definition) is 2. The molecule has 0 unspecified atom stereocenters. The molecule has 1 aromatic rings. The van der Waals surface area contributed by atoms with Crippen LogP contribution in [0.25, 0.3) is 0 Å². The fourth-order valence-corrected chi connectivity index (χ4v) is 0.417. The highest BCUT2D eigenvalue weighted by molar-refractivity contribution is 5.86. The highest BCUT2D eigenvalue weighted by Crippen LogP contribution is 2.13. The molecule has 6 nitrogen and oxygen atoms in total. The maximum Gasteiger partial charge on any atom is 0.490 e. The number of carboxylic acids is 2. The minimum atomic E-state index is -5.08. The predicted octanol–water partition coefficient (Wildman–Crippen LogP) is 0.808. The molecule has 0 saturated carbocycles. The fraction of sp³-hybridized carbons (Fsp3) is 0.143. The molecule has 1 rings (SSSR count). The van der Waals surface area contributed by atoms with Gasteiger partial charge in [-0.2, -0.15) is 23.4 Å². The summed E-state index contributed by atoms with van der Waals surface area (Å²) in [6, 6.07) is 1.38. The van der Waals surface area contributed by atoms with Crippen molar-refractivity contribution >= 4 is 11.9 Å². The normalized spacial score (nSPS) is 9.94. The topological polar surface area (TPSA) is 100 Å². The molecular weight excluding hydrogens is 233 g/mol. The maximum absolute atomic E-state index is 10.6. The second-order valence-electron chi connectivity index (χ2n) is 2.24. The standard InChI is InChI=1S/C5H4N2O2.C2HF3O2/c8-5(9)4-1-2-6-7-3-4;3-2(4,5)1(6)7/h1-3H,(H,8,9);(H,6,7). The average Bonchev–Trinajstić information content (AvgIpc) is 2.18. The number of rotatable bonds is 1. The number of carbonyl (C=O) groups is 2. The van der Waals surface area contributed by atoms with Crippen molar-refractivity contribution in [2.45, 2.75) is 6.18 Å². The Balaban J connectivity index is 0.000000293. The van der Waals surface area contributed by atoms with E-state index in [-0.39, 0.29) is 5.56 Å². The van der Waals surface area contributed by atoms with Gasteiger partial charge in [0, 0.05) is 0 Å². The lowest BCUT2D eigenvalue weighted by atomic mass is 10.3. The first-order chi connectivity index (χ1) is 7.25. The zero-order valence-corrected chi connectivity index (χ0v) is 7.47. The zero-order valence-electron chi connectivity index (χ0n) is 7.47. The Bertz CT molecular complexity index is 366. The summed E-state index contributed by atoms with van der Waals surface area (Å²) in [7, 11) is 0. The van der Waals surface area contributed by atoms with Gasteiger partial charge in [-0.25, -0.2) is 9.59 Å². The van der Waals surface area contributed by atoms with Crippen LogP contribution in [0.5, 0.6) is 0 Å². The van der Waals surface area contributed by atoms with Crippen molar-refractivity contribution in [2.75, 3.05) is 0 Å². The molecule has 88 valence electrons. The number of nitrogens with zero attached hydrogens (tertiary/aromatic N) is 2.